The Balaban J connectivity index is 2.13. The minimum atomic E-state index is -1.69. The molecule has 0 radical (unpaired) electrons. The lowest BCUT2D eigenvalue weighted by molar-refractivity contribution is 0.0465. The van der Waals surface area contributed by atoms with Gasteiger partial charge in [-0.3, -0.25) is 0 Å². The molecule has 0 saturated heterocycles. The van der Waals surface area contributed by atoms with Crippen molar-refractivity contribution in [2.24, 2.45) is 11.8 Å². The molecule has 21 heavy (non-hydrogen) atoms. The summed E-state index contributed by atoms with van der Waals surface area (Å²) >= 11 is 0. The van der Waals surface area contributed by atoms with E-state index in [1.165, 1.54) is 25.0 Å². The summed E-state index contributed by atoms with van der Waals surface area (Å²) in [6.07, 6.45) is 6.58. The van der Waals surface area contributed by atoms with Crippen molar-refractivity contribution in [1.82, 2.24) is 0 Å². The molecule has 0 aromatic rings. The van der Waals surface area contributed by atoms with E-state index >= 15 is 0 Å². The van der Waals surface area contributed by atoms with Crippen molar-refractivity contribution in [3.8, 4) is 0 Å². The van der Waals surface area contributed by atoms with E-state index in [-0.39, 0.29) is 5.04 Å². The van der Waals surface area contributed by atoms with Crippen LogP contribution in [-0.4, -0.2) is 22.7 Å². The molecule has 0 spiro atoms. The highest BCUT2D eigenvalue weighted by atomic mass is 28.4. The smallest absolute Gasteiger partial charge is 0.241 e. The summed E-state index contributed by atoms with van der Waals surface area (Å²) < 4.78 is 13.1. The number of hydrogen-bond acceptors (Lipinski definition) is 2. The zero-order chi connectivity index (χ0) is 16.1. The van der Waals surface area contributed by atoms with Gasteiger partial charge in [0, 0.05) is 5.92 Å². The largest absolute Gasteiger partial charge is 0.547 e. The van der Waals surface area contributed by atoms with Crippen molar-refractivity contribution < 1.29 is 8.85 Å². The average Bonchev–Trinajstić information content (AvgIpc) is 2.24. The van der Waals surface area contributed by atoms with E-state index in [4.69, 9.17) is 8.85 Å². The fraction of sp³-hybridized carbons (Fsp3) is 0.882. The molecule has 0 amide bonds. The van der Waals surface area contributed by atoms with Gasteiger partial charge in [0.1, 0.15) is 0 Å². The molecule has 0 heterocycles. The predicted octanol–water partition coefficient (Wildman–Crippen LogP) is 5.54. The summed E-state index contributed by atoms with van der Waals surface area (Å²) in [5, 5.41) is 0.285. The second-order valence-electron chi connectivity index (χ2n) is 9.38. The second-order valence-corrected chi connectivity index (χ2v) is 18.6. The van der Waals surface area contributed by atoms with Crippen LogP contribution < -0.4 is 0 Å². The third-order valence-electron chi connectivity index (χ3n) is 5.27. The van der Waals surface area contributed by atoms with Gasteiger partial charge in [0.25, 0.3) is 0 Å². The van der Waals surface area contributed by atoms with Gasteiger partial charge in [-0.2, -0.15) is 0 Å². The van der Waals surface area contributed by atoms with Crippen LogP contribution in [0, 0.1) is 11.8 Å². The maximum atomic E-state index is 6.76. The standard InChI is InChI=1S/C17H34O2Si2/c1-17(2,3)21(7,8)19-16-12-13-9-10-14(16)15(11-13)18-20(4,5)6/h11,13-14,16H,9-10,12H2,1-8H3/t13-,14+,16+/m1/s1. The quantitative estimate of drug-likeness (QED) is 0.631. The highest BCUT2D eigenvalue weighted by molar-refractivity contribution is 6.74. The summed E-state index contributed by atoms with van der Waals surface area (Å²) in [6, 6.07) is 0. The molecule has 1 fully saturated rings. The first kappa shape index (κ1) is 17.3. The second kappa shape index (κ2) is 5.53. The summed E-state index contributed by atoms with van der Waals surface area (Å²) in [5.41, 5.74) is 0. The molecule has 4 heteroatoms. The van der Waals surface area contributed by atoms with E-state index in [1.54, 1.807) is 0 Å². The number of allylic oxidation sites excluding steroid dienone is 1. The third kappa shape index (κ3) is 4.02. The summed E-state index contributed by atoms with van der Waals surface area (Å²) in [4.78, 5) is 0. The number of fused-ring (bicyclic) bond motifs is 2. The van der Waals surface area contributed by atoms with Gasteiger partial charge < -0.3 is 8.85 Å². The molecule has 3 rings (SSSR count). The lowest BCUT2D eigenvalue weighted by Crippen LogP contribution is -2.49. The fourth-order valence-electron chi connectivity index (χ4n) is 3.14. The van der Waals surface area contributed by atoms with Crippen LogP contribution in [0.2, 0.25) is 37.8 Å². The van der Waals surface area contributed by atoms with Crippen molar-refractivity contribution in [1.29, 1.82) is 0 Å². The summed E-state index contributed by atoms with van der Waals surface area (Å²) in [6.45, 7) is 18.6. The van der Waals surface area contributed by atoms with Gasteiger partial charge in [-0.15, -0.1) is 0 Å². The number of rotatable bonds is 4. The van der Waals surface area contributed by atoms with Gasteiger partial charge in [0.2, 0.25) is 8.32 Å². The highest BCUT2D eigenvalue weighted by Gasteiger charge is 2.45. The Morgan fingerprint density at radius 1 is 1.05 bits per heavy atom. The van der Waals surface area contributed by atoms with E-state index in [2.05, 4.69) is 59.6 Å². The van der Waals surface area contributed by atoms with Gasteiger partial charge >= 0.3 is 0 Å². The molecular weight excluding hydrogens is 292 g/mol. The van der Waals surface area contributed by atoms with Gasteiger partial charge in [-0.1, -0.05) is 20.8 Å². The zero-order valence-electron chi connectivity index (χ0n) is 15.2. The van der Waals surface area contributed by atoms with Crippen molar-refractivity contribution in [2.75, 3.05) is 0 Å². The molecule has 2 nitrogen and oxygen atoms in total. The van der Waals surface area contributed by atoms with Crippen LogP contribution >= 0.6 is 0 Å². The molecule has 3 aliphatic carbocycles. The molecule has 1 saturated carbocycles. The Morgan fingerprint density at radius 3 is 2.14 bits per heavy atom. The van der Waals surface area contributed by atoms with Crippen molar-refractivity contribution >= 4 is 16.6 Å². The Labute approximate surface area is 133 Å². The van der Waals surface area contributed by atoms with Crippen LogP contribution in [0.25, 0.3) is 0 Å². The van der Waals surface area contributed by atoms with Crippen LogP contribution in [0.15, 0.2) is 11.8 Å². The van der Waals surface area contributed by atoms with Gasteiger partial charge in [-0.25, -0.2) is 0 Å². The Morgan fingerprint density at radius 2 is 1.67 bits per heavy atom. The van der Waals surface area contributed by atoms with Crippen LogP contribution in [0.4, 0.5) is 0 Å². The lowest BCUT2D eigenvalue weighted by atomic mass is 9.73. The van der Waals surface area contributed by atoms with E-state index in [1.807, 2.05) is 0 Å². The van der Waals surface area contributed by atoms with Gasteiger partial charge in [0.05, 0.1) is 11.9 Å². The van der Waals surface area contributed by atoms with E-state index in [0.29, 0.717) is 17.9 Å². The third-order valence-corrected chi connectivity index (χ3v) is 10.6. The first-order valence-corrected chi connectivity index (χ1v) is 14.8. The van der Waals surface area contributed by atoms with E-state index < -0.39 is 16.6 Å². The first-order valence-electron chi connectivity index (χ1n) is 8.48. The molecule has 3 atom stereocenters. The Kier molecular flexibility index (Phi) is 4.56. The molecule has 0 aromatic heterocycles. The van der Waals surface area contributed by atoms with E-state index in [0.717, 1.165) is 0 Å². The molecule has 3 aliphatic rings. The van der Waals surface area contributed by atoms with E-state index in [9.17, 15) is 0 Å². The number of hydrogen-bond donors (Lipinski definition) is 0. The predicted molar refractivity (Wildman–Crippen MR) is 95.4 cm³/mol. The van der Waals surface area contributed by atoms with Crippen molar-refractivity contribution in [3.05, 3.63) is 11.8 Å². The molecule has 0 aliphatic heterocycles. The van der Waals surface area contributed by atoms with Crippen molar-refractivity contribution in [3.63, 3.8) is 0 Å². The SMILES string of the molecule is CC(C)(C)[Si](C)(C)O[C@H]1C[C@H]2C=C(O[Si](C)(C)C)[C@@H]1CC2. The normalized spacial score (nSPS) is 30.3. The van der Waals surface area contributed by atoms with Crippen LogP contribution in [-0.2, 0) is 8.85 Å². The molecule has 0 aromatic carbocycles. The molecule has 0 unspecified atom stereocenters. The maximum Gasteiger partial charge on any atom is 0.241 e. The Bertz CT molecular complexity index is 415. The topological polar surface area (TPSA) is 18.5 Å². The minimum absolute atomic E-state index is 0.285. The van der Waals surface area contributed by atoms with Crippen LogP contribution in [0.5, 0.6) is 0 Å². The zero-order valence-corrected chi connectivity index (χ0v) is 17.2. The monoisotopic (exact) mass is 326 g/mol. The fourth-order valence-corrected chi connectivity index (χ4v) is 5.44. The lowest BCUT2D eigenvalue weighted by Gasteiger charge is -2.48. The first-order chi connectivity index (χ1) is 9.39. The van der Waals surface area contributed by atoms with Crippen molar-refractivity contribution in [2.45, 2.75) is 83.9 Å². The van der Waals surface area contributed by atoms with Gasteiger partial charge in [0.15, 0.2) is 8.32 Å². The molecule has 0 N–H and O–H groups in total. The summed E-state index contributed by atoms with van der Waals surface area (Å²) in [5.74, 6) is 2.45. The average molecular weight is 327 g/mol. The Hall–Kier alpha value is -0.0662. The van der Waals surface area contributed by atoms with Crippen LogP contribution in [0.1, 0.15) is 40.0 Å². The molecule has 122 valence electrons. The van der Waals surface area contributed by atoms with Gasteiger partial charge in [-0.05, 0) is 69.0 Å². The molecule has 2 bridgehead atoms. The minimum Gasteiger partial charge on any atom is -0.547 e. The highest BCUT2D eigenvalue weighted by Crippen LogP contribution is 2.47. The molecular formula is C17H34O2Si2. The van der Waals surface area contributed by atoms with Crippen LogP contribution in [0.3, 0.4) is 0 Å². The summed E-state index contributed by atoms with van der Waals surface area (Å²) in [7, 11) is -3.21. The maximum absolute atomic E-state index is 6.76.